The molecule has 6 heteroatoms. The van der Waals surface area contributed by atoms with E-state index in [4.69, 9.17) is 4.74 Å². The van der Waals surface area contributed by atoms with Gasteiger partial charge in [-0.2, -0.15) is 0 Å². The van der Waals surface area contributed by atoms with Gasteiger partial charge in [0, 0.05) is 30.5 Å². The summed E-state index contributed by atoms with van der Waals surface area (Å²) < 4.78 is 5.21. The van der Waals surface area contributed by atoms with E-state index >= 15 is 0 Å². The predicted molar refractivity (Wildman–Crippen MR) is 96.1 cm³/mol. The summed E-state index contributed by atoms with van der Waals surface area (Å²) in [4.78, 5) is 40.4. The highest BCUT2D eigenvalue weighted by molar-refractivity contribution is 6.06. The molecule has 5 rings (SSSR count). The van der Waals surface area contributed by atoms with Gasteiger partial charge in [-0.25, -0.2) is 0 Å². The van der Waals surface area contributed by atoms with E-state index in [2.05, 4.69) is 12.2 Å². The Bertz CT molecular complexity index is 775. The molecule has 4 bridgehead atoms. The summed E-state index contributed by atoms with van der Waals surface area (Å²) >= 11 is 0. The van der Waals surface area contributed by atoms with Crippen LogP contribution >= 0.6 is 0 Å². The van der Waals surface area contributed by atoms with Crippen LogP contribution in [0.25, 0.3) is 0 Å². The van der Waals surface area contributed by atoms with Gasteiger partial charge in [0.25, 0.3) is 0 Å². The van der Waals surface area contributed by atoms with Gasteiger partial charge in [-0.3, -0.25) is 14.4 Å². The van der Waals surface area contributed by atoms with Crippen LogP contribution in [0, 0.1) is 17.8 Å². The van der Waals surface area contributed by atoms with Crippen LogP contribution < -0.4 is 10.1 Å². The molecule has 1 unspecified atom stereocenters. The Hall–Kier alpha value is -2.37. The first-order valence-corrected chi connectivity index (χ1v) is 9.36. The summed E-state index contributed by atoms with van der Waals surface area (Å²) in [5.41, 5.74) is 0.985. The molecule has 3 fully saturated rings. The third-order valence-corrected chi connectivity index (χ3v) is 6.24. The van der Waals surface area contributed by atoms with Crippen LogP contribution in [0.15, 0.2) is 18.2 Å². The third kappa shape index (κ3) is 2.59. The number of ether oxygens (including phenoxy) is 1. The summed E-state index contributed by atoms with van der Waals surface area (Å²) in [7, 11) is 1.54. The Morgan fingerprint density at radius 2 is 2.04 bits per heavy atom. The van der Waals surface area contributed by atoms with Crippen LogP contribution in [0.1, 0.15) is 43.0 Å². The molecule has 138 valence electrons. The molecule has 2 amide bonds. The summed E-state index contributed by atoms with van der Waals surface area (Å²) in [5.74, 6) is 0.543. The second kappa shape index (κ2) is 6.41. The van der Waals surface area contributed by atoms with Crippen LogP contribution in [0.2, 0.25) is 0 Å². The molecular formula is C20H24N2O4. The molecule has 4 atom stereocenters. The Morgan fingerprint density at radius 1 is 1.23 bits per heavy atom. The fraction of sp³-hybridized carbons (Fsp3) is 0.550. The summed E-state index contributed by atoms with van der Waals surface area (Å²) in [6.45, 7) is 2.50. The van der Waals surface area contributed by atoms with Crippen molar-refractivity contribution in [3.63, 3.8) is 0 Å². The van der Waals surface area contributed by atoms with Crippen LogP contribution in [-0.2, 0) is 9.59 Å². The average Bonchev–Trinajstić information content (AvgIpc) is 2.66. The van der Waals surface area contributed by atoms with Gasteiger partial charge in [-0.05, 0) is 37.0 Å². The van der Waals surface area contributed by atoms with Gasteiger partial charge < -0.3 is 15.0 Å². The quantitative estimate of drug-likeness (QED) is 0.883. The van der Waals surface area contributed by atoms with E-state index in [-0.39, 0.29) is 41.9 Å². The number of nitrogens with zero attached hydrogens (tertiary/aromatic N) is 1. The molecule has 3 heterocycles. The molecule has 1 saturated carbocycles. The normalized spacial score (nSPS) is 30.7. The Morgan fingerprint density at radius 3 is 2.77 bits per heavy atom. The molecule has 26 heavy (non-hydrogen) atoms. The fourth-order valence-electron chi connectivity index (χ4n) is 4.93. The number of carbonyl (C=O) groups excluding carboxylic acids is 3. The minimum atomic E-state index is -0.209. The zero-order valence-electron chi connectivity index (χ0n) is 15.2. The van der Waals surface area contributed by atoms with Gasteiger partial charge in [0.1, 0.15) is 5.75 Å². The number of methoxy groups -OCH3 is 1. The number of amides is 2. The van der Waals surface area contributed by atoms with Gasteiger partial charge >= 0.3 is 0 Å². The van der Waals surface area contributed by atoms with Crippen LogP contribution in [0.4, 0.5) is 5.69 Å². The molecule has 4 aliphatic rings. The monoisotopic (exact) mass is 356 g/mol. The van der Waals surface area contributed by atoms with Crippen molar-refractivity contribution in [2.75, 3.05) is 19.0 Å². The van der Waals surface area contributed by atoms with E-state index < -0.39 is 0 Å². The van der Waals surface area contributed by atoms with E-state index in [0.717, 1.165) is 12.8 Å². The van der Waals surface area contributed by atoms with Gasteiger partial charge in [0.2, 0.25) is 11.8 Å². The summed E-state index contributed by atoms with van der Waals surface area (Å²) in [6.07, 6.45) is 2.67. The van der Waals surface area contributed by atoms with Crippen LogP contribution in [-0.4, -0.2) is 42.2 Å². The van der Waals surface area contributed by atoms with Crippen molar-refractivity contribution in [3.8, 4) is 5.75 Å². The molecule has 0 aromatic heterocycles. The highest BCUT2D eigenvalue weighted by Gasteiger charge is 2.53. The van der Waals surface area contributed by atoms with Gasteiger partial charge in [0.15, 0.2) is 5.78 Å². The maximum absolute atomic E-state index is 13.0. The van der Waals surface area contributed by atoms with Gasteiger partial charge in [-0.15, -0.1) is 0 Å². The number of hydrogen-bond acceptors (Lipinski definition) is 4. The smallest absolute Gasteiger partial charge is 0.229 e. The number of anilines is 1. The third-order valence-electron chi connectivity index (χ3n) is 6.24. The Kier molecular flexibility index (Phi) is 4.21. The molecule has 1 aliphatic carbocycles. The molecule has 2 saturated heterocycles. The van der Waals surface area contributed by atoms with Crippen molar-refractivity contribution >= 4 is 23.3 Å². The highest BCUT2D eigenvalue weighted by Crippen LogP contribution is 2.45. The average molecular weight is 356 g/mol. The van der Waals surface area contributed by atoms with E-state index in [1.165, 1.54) is 0 Å². The standard InChI is InChI=1S/C20H24N2O4/c1-3-11-8-12-9-15-18(11)22(20(12)25)7-6-17(23)14-10-13(26-2)4-5-16(14)21-19(15)24/h4-5,10-12,15,18H,3,6-9H2,1-2H3,(H,21,24)/t11-,12-,15+,18?/m0/s1. The Balaban J connectivity index is 1.75. The molecule has 1 aromatic carbocycles. The number of fused-ring (bicyclic) bond motifs is 2. The number of carbonyl (C=O) groups is 3. The first kappa shape index (κ1) is 17.1. The first-order chi connectivity index (χ1) is 12.5. The van der Waals surface area contributed by atoms with Crippen LogP contribution in [0.5, 0.6) is 5.75 Å². The number of ketones is 1. The zero-order chi connectivity index (χ0) is 18.4. The van der Waals surface area contributed by atoms with Crippen LogP contribution in [0.3, 0.4) is 0 Å². The highest BCUT2D eigenvalue weighted by atomic mass is 16.5. The predicted octanol–water partition coefficient (Wildman–Crippen LogP) is 2.48. The molecular weight excluding hydrogens is 332 g/mol. The molecule has 1 N–H and O–H groups in total. The zero-order valence-corrected chi connectivity index (χ0v) is 15.2. The molecule has 1 aromatic rings. The van der Waals surface area contributed by atoms with E-state index in [9.17, 15) is 14.4 Å². The van der Waals surface area contributed by atoms with Crippen molar-refractivity contribution in [1.82, 2.24) is 4.90 Å². The topological polar surface area (TPSA) is 75.7 Å². The molecule has 0 radical (unpaired) electrons. The van der Waals surface area contributed by atoms with Gasteiger partial charge in [-0.1, -0.05) is 13.3 Å². The maximum atomic E-state index is 13.0. The Labute approximate surface area is 152 Å². The maximum Gasteiger partial charge on any atom is 0.229 e. The van der Waals surface area contributed by atoms with E-state index in [1.807, 2.05) is 4.90 Å². The number of rotatable bonds is 2. The van der Waals surface area contributed by atoms with Crippen molar-refractivity contribution < 1.29 is 19.1 Å². The van der Waals surface area contributed by atoms with Crippen molar-refractivity contribution in [3.05, 3.63) is 23.8 Å². The molecule has 3 aliphatic heterocycles. The van der Waals surface area contributed by atoms with Crippen molar-refractivity contribution in [2.45, 2.75) is 38.6 Å². The summed E-state index contributed by atoms with van der Waals surface area (Å²) in [5, 5.41) is 2.96. The largest absolute Gasteiger partial charge is 0.497 e. The van der Waals surface area contributed by atoms with E-state index in [1.54, 1.807) is 25.3 Å². The lowest BCUT2D eigenvalue weighted by atomic mass is 9.65. The minimum Gasteiger partial charge on any atom is -0.497 e. The molecule has 0 spiro atoms. The number of Topliss-reactive ketones (excluding diaryl/α,β-unsaturated/α-hetero) is 1. The summed E-state index contributed by atoms with van der Waals surface area (Å²) in [6, 6.07) is 5.04. The molecule has 6 nitrogen and oxygen atoms in total. The number of hydrogen-bond donors (Lipinski definition) is 1. The minimum absolute atomic E-state index is 0.0834. The van der Waals surface area contributed by atoms with Crippen molar-refractivity contribution in [2.24, 2.45) is 17.8 Å². The van der Waals surface area contributed by atoms with E-state index in [0.29, 0.717) is 35.9 Å². The lowest BCUT2D eigenvalue weighted by Crippen LogP contribution is -2.63. The number of piperidine rings is 2. The van der Waals surface area contributed by atoms with Crippen molar-refractivity contribution in [1.29, 1.82) is 0 Å². The number of benzene rings is 1. The lowest BCUT2D eigenvalue weighted by Gasteiger charge is -2.53. The second-order valence-corrected chi connectivity index (χ2v) is 7.54. The lowest BCUT2D eigenvalue weighted by molar-refractivity contribution is -0.159. The second-order valence-electron chi connectivity index (χ2n) is 7.54. The van der Waals surface area contributed by atoms with Gasteiger partial charge in [0.05, 0.1) is 18.7 Å². The fourth-order valence-corrected chi connectivity index (χ4v) is 4.93. The first-order valence-electron chi connectivity index (χ1n) is 9.36. The number of nitrogens with one attached hydrogen (secondary N) is 1. The SMILES string of the molecule is CC[C@H]1C[C@H]2C[C@H]3C(=O)Nc4ccc(OC)cc4C(=O)CCN(C2=O)C13.